The lowest BCUT2D eigenvalue weighted by Gasteiger charge is -2.26. The monoisotopic (exact) mass is 314 g/mol. The fraction of sp³-hybridized carbons (Fsp3) is 0.438. The Kier molecular flexibility index (Phi) is 3.41. The van der Waals surface area contributed by atoms with E-state index in [-0.39, 0.29) is 17.2 Å². The molecular weight excluding hydrogens is 296 g/mol. The van der Waals surface area contributed by atoms with Crippen LogP contribution in [0.15, 0.2) is 29.2 Å². The molecule has 0 aliphatic carbocycles. The number of aromatic nitrogens is 3. The van der Waals surface area contributed by atoms with Gasteiger partial charge in [-0.15, -0.1) is 22.0 Å². The smallest absolute Gasteiger partial charge is 0.234 e. The molecule has 0 unspecified atom stereocenters. The maximum atomic E-state index is 12.5. The summed E-state index contributed by atoms with van der Waals surface area (Å²) in [4.78, 5) is 13.8. The number of fused-ring (bicyclic) bond motifs is 2. The number of carbonyl (C=O) groups excluding carboxylic acids is 1. The van der Waals surface area contributed by atoms with E-state index in [0.29, 0.717) is 0 Å². The Morgan fingerprint density at radius 1 is 1.36 bits per heavy atom. The molecule has 0 saturated carbocycles. The van der Waals surface area contributed by atoms with Gasteiger partial charge in [0.2, 0.25) is 5.91 Å². The van der Waals surface area contributed by atoms with Crippen LogP contribution in [0, 0.1) is 6.92 Å². The standard InChI is InChI=1S/C16H18N4OS/c1-10-18-19-15-7-6-12(9-20(10)15)17-16(21)14-8-11-4-2-3-5-13(11)22-14/h2-5,12,14H,6-9H2,1H3,(H,17,21)/t12-,14+/m1/s1. The zero-order valence-electron chi connectivity index (χ0n) is 12.5. The Hall–Kier alpha value is -1.82. The minimum atomic E-state index is 0.000746. The van der Waals surface area contributed by atoms with Gasteiger partial charge >= 0.3 is 0 Å². The van der Waals surface area contributed by atoms with Crippen LogP contribution in [0.4, 0.5) is 0 Å². The van der Waals surface area contributed by atoms with Crippen LogP contribution in [0.3, 0.4) is 0 Å². The summed E-state index contributed by atoms with van der Waals surface area (Å²) in [6, 6.07) is 8.46. The third-order valence-electron chi connectivity index (χ3n) is 4.42. The first kappa shape index (κ1) is 13.8. The second-order valence-electron chi connectivity index (χ2n) is 5.94. The Bertz CT molecular complexity index is 702. The van der Waals surface area contributed by atoms with Gasteiger partial charge in [0.25, 0.3) is 0 Å². The molecule has 2 aliphatic heterocycles. The van der Waals surface area contributed by atoms with Crippen molar-refractivity contribution in [2.75, 3.05) is 0 Å². The highest BCUT2D eigenvalue weighted by Gasteiger charge is 2.30. The summed E-state index contributed by atoms with van der Waals surface area (Å²) in [5, 5.41) is 11.5. The first-order chi connectivity index (χ1) is 10.7. The van der Waals surface area contributed by atoms with E-state index in [2.05, 4.69) is 32.2 Å². The van der Waals surface area contributed by atoms with Crippen LogP contribution >= 0.6 is 11.8 Å². The van der Waals surface area contributed by atoms with Crippen molar-refractivity contribution in [3.05, 3.63) is 41.5 Å². The van der Waals surface area contributed by atoms with Gasteiger partial charge in [0, 0.05) is 23.9 Å². The van der Waals surface area contributed by atoms with Gasteiger partial charge in [0.1, 0.15) is 11.6 Å². The van der Waals surface area contributed by atoms with Gasteiger partial charge in [-0.05, 0) is 31.4 Å². The molecule has 2 aromatic rings. The largest absolute Gasteiger partial charge is 0.351 e. The van der Waals surface area contributed by atoms with E-state index in [4.69, 9.17) is 0 Å². The van der Waals surface area contributed by atoms with Crippen molar-refractivity contribution in [2.45, 2.75) is 48.9 Å². The lowest BCUT2D eigenvalue weighted by atomic mass is 10.1. The van der Waals surface area contributed by atoms with Gasteiger partial charge in [0.05, 0.1) is 5.25 Å². The molecule has 5 nitrogen and oxygen atoms in total. The number of carbonyl (C=O) groups is 1. The first-order valence-corrected chi connectivity index (χ1v) is 8.52. The quantitative estimate of drug-likeness (QED) is 0.917. The average Bonchev–Trinajstić information content (AvgIpc) is 3.11. The minimum Gasteiger partial charge on any atom is -0.351 e. The molecule has 22 heavy (non-hydrogen) atoms. The van der Waals surface area contributed by atoms with E-state index >= 15 is 0 Å². The predicted octanol–water partition coefficient (Wildman–Crippen LogP) is 1.73. The van der Waals surface area contributed by atoms with E-state index in [0.717, 1.165) is 37.5 Å². The SMILES string of the molecule is Cc1nnc2n1C[C@H](NC(=O)[C@@H]1Cc3ccccc3S1)CC2. The van der Waals surface area contributed by atoms with Gasteiger partial charge in [-0.3, -0.25) is 4.79 Å². The number of aryl methyl sites for hydroxylation is 2. The van der Waals surface area contributed by atoms with E-state index in [1.54, 1.807) is 11.8 Å². The number of nitrogens with zero attached hydrogens (tertiary/aromatic N) is 3. The summed E-state index contributed by atoms with van der Waals surface area (Å²) >= 11 is 1.68. The summed E-state index contributed by atoms with van der Waals surface area (Å²) in [6.45, 7) is 2.74. The van der Waals surface area contributed by atoms with E-state index in [1.807, 2.05) is 19.1 Å². The van der Waals surface area contributed by atoms with Crippen molar-refractivity contribution in [2.24, 2.45) is 0 Å². The number of hydrogen-bond donors (Lipinski definition) is 1. The molecule has 1 amide bonds. The van der Waals surface area contributed by atoms with Crippen LogP contribution in [0.1, 0.15) is 23.6 Å². The van der Waals surface area contributed by atoms with E-state index < -0.39 is 0 Å². The second-order valence-corrected chi connectivity index (χ2v) is 7.18. The normalized spacial score (nSPS) is 23.0. The molecule has 2 atom stereocenters. The Labute approximate surface area is 133 Å². The molecule has 0 fully saturated rings. The fourth-order valence-electron chi connectivity index (χ4n) is 3.20. The predicted molar refractivity (Wildman–Crippen MR) is 84.8 cm³/mol. The molecule has 0 saturated heterocycles. The van der Waals surface area contributed by atoms with Crippen LogP contribution in [0.25, 0.3) is 0 Å². The molecule has 0 bridgehead atoms. The van der Waals surface area contributed by atoms with Crippen LogP contribution < -0.4 is 5.32 Å². The fourth-order valence-corrected chi connectivity index (χ4v) is 4.41. The summed E-state index contributed by atoms with van der Waals surface area (Å²) in [5.41, 5.74) is 1.29. The van der Waals surface area contributed by atoms with Crippen molar-refractivity contribution >= 4 is 17.7 Å². The van der Waals surface area contributed by atoms with Gasteiger partial charge in [0.15, 0.2) is 0 Å². The molecule has 3 heterocycles. The van der Waals surface area contributed by atoms with Crippen LogP contribution in [0.2, 0.25) is 0 Å². The average molecular weight is 314 g/mol. The number of amides is 1. The number of hydrogen-bond acceptors (Lipinski definition) is 4. The van der Waals surface area contributed by atoms with Gasteiger partial charge in [-0.2, -0.15) is 0 Å². The zero-order chi connectivity index (χ0) is 15.1. The highest BCUT2D eigenvalue weighted by molar-refractivity contribution is 8.01. The van der Waals surface area contributed by atoms with Crippen LogP contribution in [-0.2, 0) is 24.2 Å². The third kappa shape index (κ3) is 2.41. The third-order valence-corrected chi connectivity index (χ3v) is 5.74. The van der Waals surface area contributed by atoms with Gasteiger partial charge in [-0.1, -0.05) is 18.2 Å². The van der Waals surface area contributed by atoms with Crippen molar-refractivity contribution < 1.29 is 4.79 Å². The van der Waals surface area contributed by atoms with Crippen LogP contribution in [0.5, 0.6) is 0 Å². The Balaban J connectivity index is 1.41. The molecule has 0 radical (unpaired) electrons. The van der Waals surface area contributed by atoms with Gasteiger partial charge in [-0.25, -0.2) is 0 Å². The molecule has 1 N–H and O–H groups in total. The summed E-state index contributed by atoms with van der Waals surface area (Å²) < 4.78 is 2.12. The molecule has 4 rings (SSSR count). The van der Waals surface area contributed by atoms with Crippen LogP contribution in [-0.4, -0.2) is 32.0 Å². The molecule has 114 valence electrons. The summed E-state index contributed by atoms with van der Waals surface area (Å²) in [7, 11) is 0. The summed E-state index contributed by atoms with van der Waals surface area (Å²) in [6.07, 6.45) is 2.65. The highest BCUT2D eigenvalue weighted by Crippen LogP contribution is 2.36. The van der Waals surface area contributed by atoms with Crippen molar-refractivity contribution in [3.8, 4) is 0 Å². The first-order valence-electron chi connectivity index (χ1n) is 7.64. The molecule has 1 aromatic heterocycles. The van der Waals surface area contributed by atoms with E-state index in [9.17, 15) is 4.79 Å². The molecule has 0 spiro atoms. The van der Waals surface area contributed by atoms with E-state index in [1.165, 1.54) is 10.5 Å². The van der Waals surface area contributed by atoms with Crippen molar-refractivity contribution in [3.63, 3.8) is 0 Å². The van der Waals surface area contributed by atoms with Crippen molar-refractivity contribution in [1.82, 2.24) is 20.1 Å². The van der Waals surface area contributed by atoms with Crippen molar-refractivity contribution in [1.29, 1.82) is 0 Å². The molecular formula is C16H18N4OS. The molecule has 1 aromatic carbocycles. The number of nitrogens with one attached hydrogen (secondary N) is 1. The Morgan fingerprint density at radius 2 is 2.23 bits per heavy atom. The lowest BCUT2D eigenvalue weighted by molar-refractivity contribution is -0.121. The van der Waals surface area contributed by atoms with Gasteiger partial charge < -0.3 is 9.88 Å². The second kappa shape index (κ2) is 5.43. The highest BCUT2D eigenvalue weighted by atomic mass is 32.2. The number of thioether (sulfide) groups is 1. The number of rotatable bonds is 2. The maximum absolute atomic E-state index is 12.5. The minimum absolute atomic E-state index is 0.000746. The topological polar surface area (TPSA) is 59.8 Å². The lowest BCUT2D eigenvalue weighted by Crippen LogP contribution is -2.44. The maximum Gasteiger partial charge on any atom is 0.234 e. The number of benzene rings is 1. The molecule has 2 aliphatic rings. The zero-order valence-corrected chi connectivity index (χ0v) is 13.3. The summed E-state index contributed by atoms with van der Waals surface area (Å²) in [5.74, 6) is 2.11. The Morgan fingerprint density at radius 3 is 3.09 bits per heavy atom. The molecule has 6 heteroatoms.